The average molecular weight is 340 g/mol. The first kappa shape index (κ1) is 20.5. The number of hydrogen-bond donors (Lipinski definition) is 1. The summed E-state index contributed by atoms with van der Waals surface area (Å²) in [5.41, 5.74) is 6.91. The largest absolute Gasteiger partial charge is 0.351 e. The van der Waals surface area contributed by atoms with E-state index in [4.69, 9.17) is 15.2 Å². The van der Waals surface area contributed by atoms with Crippen LogP contribution in [0.3, 0.4) is 0 Å². The maximum atomic E-state index is 13.0. The monoisotopic (exact) mass is 340 g/mol. The molecule has 0 aromatic heterocycles. The number of halogens is 1. The topological polar surface area (TPSA) is 64.8 Å². The van der Waals surface area contributed by atoms with Crippen LogP contribution in [-0.4, -0.2) is 48.9 Å². The molecular formula is C18H29FN2O3. The Kier molecular flexibility index (Phi) is 8.89. The Morgan fingerprint density at radius 1 is 1.17 bits per heavy atom. The molecule has 1 atom stereocenters. The van der Waals surface area contributed by atoms with Crippen molar-refractivity contribution in [2.45, 2.75) is 52.5 Å². The molecule has 0 aliphatic heterocycles. The highest BCUT2D eigenvalue weighted by Gasteiger charge is 2.26. The first-order valence-electron chi connectivity index (χ1n) is 8.42. The summed E-state index contributed by atoms with van der Waals surface area (Å²) < 4.78 is 24.0. The maximum absolute atomic E-state index is 13.0. The van der Waals surface area contributed by atoms with Gasteiger partial charge in [0.1, 0.15) is 5.82 Å². The molecule has 0 saturated heterocycles. The average Bonchev–Trinajstić information content (AvgIpc) is 2.54. The molecule has 0 spiro atoms. The van der Waals surface area contributed by atoms with Crippen molar-refractivity contribution < 1.29 is 18.7 Å². The summed E-state index contributed by atoms with van der Waals surface area (Å²) in [5, 5.41) is 0. The SMILES string of the molecule is CCOC(CN(C(=O)C(N)Cc1ccc(F)cc1)C(C)C)OCC. The van der Waals surface area contributed by atoms with Crippen LogP contribution in [0, 0.1) is 5.82 Å². The highest BCUT2D eigenvalue weighted by atomic mass is 19.1. The number of hydrogen-bond acceptors (Lipinski definition) is 4. The summed E-state index contributed by atoms with van der Waals surface area (Å²) in [5.74, 6) is -0.475. The molecule has 1 aromatic carbocycles. The van der Waals surface area contributed by atoms with Crippen molar-refractivity contribution in [3.05, 3.63) is 35.6 Å². The highest BCUT2D eigenvalue weighted by molar-refractivity contribution is 5.82. The smallest absolute Gasteiger partial charge is 0.240 e. The van der Waals surface area contributed by atoms with Crippen LogP contribution in [0.2, 0.25) is 0 Å². The molecule has 0 radical (unpaired) electrons. The van der Waals surface area contributed by atoms with Gasteiger partial charge in [-0.1, -0.05) is 12.1 Å². The van der Waals surface area contributed by atoms with E-state index in [0.717, 1.165) is 5.56 Å². The number of ether oxygens (including phenoxy) is 2. The molecule has 1 aromatic rings. The summed E-state index contributed by atoms with van der Waals surface area (Å²) in [6.45, 7) is 8.96. The van der Waals surface area contributed by atoms with Crippen molar-refractivity contribution in [2.24, 2.45) is 5.73 Å². The van der Waals surface area contributed by atoms with E-state index in [1.807, 2.05) is 27.7 Å². The third kappa shape index (κ3) is 6.55. The van der Waals surface area contributed by atoms with Gasteiger partial charge in [0.05, 0.1) is 12.6 Å². The Balaban J connectivity index is 2.74. The van der Waals surface area contributed by atoms with Gasteiger partial charge in [-0.15, -0.1) is 0 Å². The summed E-state index contributed by atoms with van der Waals surface area (Å²) >= 11 is 0. The second-order valence-corrected chi connectivity index (χ2v) is 5.86. The lowest BCUT2D eigenvalue weighted by molar-refractivity contribution is -0.162. The van der Waals surface area contributed by atoms with Gasteiger partial charge in [-0.05, 0) is 51.8 Å². The van der Waals surface area contributed by atoms with Gasteiger partial charge in [0, 0.05) is 19.3 Å². The van der Waals surface area contributed by atoms with Gasteiger partial charge in [-0.25, -0.2) is 4.39 Å². The van der Waals surface area contributed by atoms with E-state index in [1.54, 1.807) is 17.0 Å². The third-order valence-electron chi connectivity index (χ3n) is 3.64. The third-order valence-corrected chi connectivity index (χ3v) is 3.64. The molecule has 6 heteroatoms. The Morgan fingerprint density at radius 2 is 1.71 bits per heavy atom. The van der Waals surface area contributed by atoms with Crippen molar-refractivity contribution in [1.82, 2.24) is 4.90 Å². The second kappa shape index (κ2) is 10.4. The number of carbonyl (C=O) groups is 1. The predicted molar refractivity (Wildman–Crippen MR) is 92.0 cm³/mol. The zero-order valence-corrected chi connectivity index (χ0v) is 15.0. The van der Waals surface area contributed by atoms with E-state index in [0.29, 0.717) is 26.2 Å². The van der Waals surface area contributed by atoms with Crippen molar-refractivity contribution in [2.75, 3.05) is 19.8 Å². The molecule has 5 nitrogen and oxygen atoms in total. The van der Waals surface area contributed by atoms with Gasteiger partial charge in [0.2, 0.25) is 5.91 Å². The minimum Gasteiger partial charge on any atom is -0.351 e. The minimum absolute atomic E-state index is 0.0276. The highest BCUT2D eigenvalue weighted by Crippen LogP contribution is 2.10. The Bertz CT molecular complexity index is 488. The molecule has 2 N–H and O–H groups in total. The van der Waals surface area contributed by atoms with Gasteiger partial charge in [0.25, 0.3) is 0 Å². The van der Waals surface area contributed by atoms with Crippen LogP contribution >= 0.6 is 0 Å². The Hall–Kier alpha value is -1.50. The fraction of sp³-hybridized carbons (Fsp3) is 0.611. The van der Waals surface area contributed by atoms with Crippen LogP contribution < -0.4 is 5.73 Å². The van der Waals surface area contributed by atoms with Crippen LogP contribution in [0.1, 0.15) is 33.3 Å². The number of nitrogens with two attached hydrogens (primary N) is 1. The van der Waals surface area contributed by atoms with Gasteiger partial charge in [-0.2, -0.15) is 0 Å². The molecule has 1 rings (SSSR count). The molecule has 1 unspecified atom stereocenters. The number of benzene rings is 1. The standard InChI is InChI=1S/C18H29FN2O3/c1-5-23-17(24-6-2)12-21(13(3)4)18(22)16(20)11-14-7-9-15(19)10-8-14/h7-10,13,16-17H,5-6,11-12,20H2,1-4H3. The second-order valence-electron chi connectivity index (χ2n) is 5.86. The summed E-state index contributed by atoms with van der Waals surface area (Å²) in [4.78, 5) is 14.4. The lowest BCUT2D eigenvalue weighted by atomic mass is 10.0. The molecule has 24 heavy (non-hydrogen) atoms. The molecule has 1 amide bonds. The molecule has 0 bridgehead atoms. The molecule has 0 aliphatic carbocycles. The van der Waals surface area contributed by atoms with Gasteiger partial charge >= 0.3 is 0 Å². The minimum atomic E-state index is -0.693. The predicted octanol–water partition coefficient (Wildman–Crippen LogP) is 2.33. The van der Waals surface area contributed by atoms with E-state index in [9.17, 15) is 9.18 Å². The zero-order valence-electron chi connectivity index (χ0n) is 15.0. The fourth-order valence-electron chi connectivity index (χ4n) is 2.42. The number of nitrogens with zero attached hydrogens (tertiary/aromatic N) is 1. The Morgan fingerprint density at radius 3 is 2.17 bits per heavy atom. The van der Waals surface area contributed by atoms with E-state index in [-0.39, 0.29) is 17.8 Å². The van der Waals surface area contributed by atoms with Crippen molar-refractivity contribution in [1.29, 1.82) is 0 Å². The Labute approximate surface area is 143 Å². The van der Waals surface area contributed by atoms with Crippen molar-refractivity contribution >= 4 is 5.91 Å². The lowest BCUT2D eigenvalue weighted by Gasteiger charge is -2.32. The first-order valence-corrected chi connectivity index (χ1v) is 8.42. The maximum Gasteiger partial charge on any atom is 0.240 e. The van der Waals surface area contributed by atoms with Crippen molar-refractivity contribution in [3.63, 3.8) is 0 Å². The van der Waals surface area contributed by atoms with E-state index >= 15 is 0 Å². The molecule has 0 saturated carbocycles. The van der Waals surface area contributed by atoms with Crippen LogP contribution in [0.5, 0.6) is 0 Å². The number of rotatable bonds is 10. The fourth-order valence-corrected chi connectivity index (χ4v) is 2.42. The van der Waals surface area contributed by atoms with Gasteiger partial charge < -0.3 is 20.1 Å². The van der Waals surface area contributed by atoms with E-state index in [1.165, 1.54) is 12.1 Å². The zero-order chi connectivity index (χ0) is 18.1. The number of amides is 1. The molecular weight excluding hydrogens is 311 g/mol. The molecule has 0 aliphatic rings. The molecule has 136 valence electrons. The summed E-state index contributed by atoms with van der Waals surface area (Å²) in [6.07, 6.45) is -0.111. The van der Waals surface area contributed by atoms with Gasteiger partial charge in [-0.3, -0.25) is 4.79 Å². The van der Waals surface area contributed by atoms with Crippen LogP contribution in [0.25, 0.3) is 0 Å². The van der Waals surface area contributed by atoms with E-state index < -0.39 is 12.3 Å². The lowest BCUT2D eigenvalue weighted by Crippen LogP contribution is -2.51. The normalized spacial score (nSPS) is 12.7. The van der Waals surface area contributed by atoms with Gasteiger partial charge in [0.15, 0.2) is 6.29 Å². The molecule has 0 heterocycles. The van der Waals surface area contributed by atoms with Crippen LogP contribution in [0.4, 0.5) is 4.39 Å². The van der Waals surface area contributed by atoms with Crippen LogP contribution in [-0.2, 0) is 20.7 Å². The van der Waals surface area contributed by atoms with Crippen molar-refractivity contribution in [3.8, 4) is 0 Å². The first-order chi connectivity index (χ1) is 11.4. The molecule has 0 fully saturated rings. The van der Waals surface area contributed by atoms with E-state index in [2.05, 4.69) is 0 Å². The van der Waals surface area contributed by atoms with Crippen LogP contribution in [0.15, 0.2) is 24.3 Å². The summed E-state index contributed by atoms with van der Waals surface area (Å²) in [6, 6.07) is 5.30. The number of carbonyl (C=O) groups excluding carboxylic acids is 1. The summed E-state index contributed by atoms with van der Waals surface area (Å²) in [7, 11) is 0. The quantitative estimate of drug-likeness (QED) is 0.664.